The van der Waals surface area contributed by atoms with Gasteiger partial charge in [-0.15, -0.1) is 0 Å². The lowest BCUT2D eigenvalue weighted by atomic mass is 10.2. The molecule has 3 nitrogen and oxygen atoms in total. The molecule has 1 aromatic rings. The van der Waals surface area contributed by atoms with Crippen molar-refractivity contribution in [3.05, 3.63) is 52.8 Å². The Morgan fingerprint density at radius 3 is 3.14 bits per heavy atom. The molecule has 0 saturated carbocycles. The van der Waals surface area contributed by atoms with Gasteiger partial charge in [-0.25, -0.2) is 4.99 Å². The van der Waals surface area contributed by atoms with E-state index in [4.69, 9.17) is 12.2 Å². The van der Waals surface area contributed by atoms with Crippen molar-refractivity contribution < 1.29 is 0 Å². The maximum atomic E-state index is 5.61. The Kier molecular flexibility index (Phi) is 6.91. The van der Waals surface area contributed by atoms with E-state index in [-0.39, 0.29) is 0 Å². The van der Waals surface area contributed by atoms with Crippen molar-refractivity contribution in [1.82, 2.24) is 4.90 Å². The Morgan fingerprint density at radius 1 is 1.64 bits per heavy atom. The molecule has 116 valence electrons. The highest BCUT2D eigenvalue weighted by molar-refractivity contribution is 14.1. The first kappa shape index (κ1) is 17.5. The van der Waals surface area contributed by atoms with Gasteiger partial charge in [0.05, 0.1) is 0 Å². The maximum Gasteiger partial charge on any atom is 0.179 e. The molecule has 1 saturated heterocycles. The highest BCUT2D eigenvalue weighted by atomic mass is 127. The van der Waals surface area contributed by atoms with E-state index < -0.39 is 0 Å². The number of hydrogen-bond donors (Lipinski definition) is 1. The third-order valence-corrected chi connectivity index (χ3v) is 5.23. The molecule has 2 rings (SSSR count). The SMILES string of the molecule is C=C/C=C/N=C1/SCC(CC)N1C(=S)Nc1cccc(I)c1. The smallest absolute Gasteiger partial charge is 0.179 e. The first-order chi connectivity index (χ1) is 10.7. The van der Waals surface area contributed by atoms with Gasteiger partial charge < -0.3 is 5.32 Å². The standard InChI is InChI=1S/C16H18IN3S2/c1-3-5-9-18-16-20(14(4-2)11-22-16)15(21)19-13-8-6-7-12(17)10-13/h3,5-10,14H,1,4,11H2,2H3,(H,19,21)/b9-5+,18-16+. The summed E-state index contributed by atoms with van der Waals surface area (Å²) in [6, 6.07) is 8.55. The summed E-state index contributed by atoms with van der Waals surface area (Å²) >= 11 is 9.64. The van der Waals surface area contributed by atoms with Crippen LogP contribution in [0.15, 0.2) is 54.2 Å². The Labute approximate surface area is 155 Å². The fourth-order valence-electron chi connectivity index (χ4n) is 2.04. The lowest BCUT2D eigenvalue weighted by Gasteiger charge is -2.26. The van der Waals surface area contributed by atoms with Crippen molar-refractivity contribution in [3.8, 4) is 0 Å². The van der Waals surface area contributed by atoms with E-state index in [0.717, 1.165) is 23.0 Å². The van der Waals surface area contributed by atoms with Gasteiger partial charge in [-0.3, -0.25) is 4.90 Å². The molecule has 1 heterocycles. The molecule has 0 aliphatic carbocycles. The van der Waals surface area contributed by atoms with Gasteiger partial charge in [-0.2, -0.15) is 0 Å². The Balaban J connectivity index is 2.17. The zero-order valence-corrected chi connectivity index (χ0v) is 16.1. The van der Waals surface area contributed by atoms with Gasteiger partial charge in [0.25, 0.3) is 0 Å². The third-order valence-electron chi connectivity index (χ3n) is 3.15. The van der Waals surface area contributed by atoms with E-state index in [1.54, 1.807) is 24.0 Å². The molecule has 0 aromatic heterocycles. The van der Waals surface area contributed by atoms with Crippen LogP contribution in [0.4, 0.5) is 5.69 Å². The summed E-state index contributed by atoms with van der Waals surface area (Å²) in [5.41, 5.74) is 1.00. The summed E-state index contributed by atoms with van der Waals surface area (Å²) in [6.07, 6.45) is 6.33. The molecule has 1 fully saturated rings. The number of nitrogens with one attached hydrogen (secondary N) is 1. The minimum atomic E-state index is 0.378. The fourth-order valence-corrected chi connectivity index (χ4v) is 4.24. The molecule has 0 bridgehead atoms. The molecule has 6 heteroatoms. The van der Waals surface area contributed by atoms with Gasteiger partial charge in [-0.05, 0) is 65.5 Å². The van der Waals surface area contributed by atoms with Crippen LogP contribution in [0.5, 0.6) is 0 Å². The van der Waals surface area contributed by atoms with Crippen LogP contribution in [0.3, 0.4) is 0 Å². The number of nitrogens with zero attached hydrogens (tertiary/aromatic N) is 2. The van der Waals surface area contributed by atoms with Crippen molar-refractivity contribution in [2.45, 2.75) is 19.4 Å². The molecule has 22 heavy (non-hydrogen) atoms. The van der Waals surface area contributed by atoms with Gasteiger partial charge in [-0.1, -0.05) is 37.4 Å². The van der Waals surface area contributed by atoms with Crippen LogP contribution < -0.4 is 5.32 Å². The summed E-state index contributed by atoms with van der Waals surface area (Å²) in [4.78, 5) is 6.62. The number of rotatable bonds is 4. The van der Waals surface area contributed by atoms with Crippen LogP contribution in [0.1, 0.15) is 13.3 Å². The second kappa shape index (κ2) is 8.69. The van der Waals surface area contributed by atoms with Crippen LogP contribution in [0.2, 0.25) is 0 Å². The first-order valence-electron chi connectivity index (χ1n) is 6.99. The summed E-state index contributed by atoms with van der Waals surface area (Å²) in [6.45, 7) is 5.83. The topological polar surface area (TPSA) is 27.6 Å². The zero-order chi connectivity index (χ0) is 15.9. The predicted octanol–water partition coefficient (Wildman–Crippen LogP) is 4.87. The van der Waals surface area contributed by atoms with Crippen LogP contribution >= 0.6 is 46.6 Å². The quantitative estimate of drug-likeness (QED) is 0.408. The number of amidine groups is 1. The Hall–Kier alpha value is -0.860. The molecular weight excluding hydrogens is 425 g/mol. The fraction of sp³-hybridized carbons (Fsp3) is 0.250. The van der Waals surface area contributed by atoms with Gasteiger partial charge in [0.2, 0.25) is 0 Å². The molecule has 1 N–H and O–H groups in total. The average molecular weight is 443 g/mol. The predicted molar refractivity (Wildman–Crippen MR) is 111 cm³/mol. The number of halogens is 1. The normalized spacial score (nSPS) is 19.8. The molecule has 0 amide bonds. The number of benzene rings is 1. The van der Waals surface area contributed by atoms with Gasteiger partial charge in [0.1, 0.15) is 0 Å². The Morgan fingerprint density at radius 2 is 2.45 bits per heavy atom. The molecule has 1 aliphatic rings. The average Bonchev–Trinajstić information content (AvgIpc) is 2.90. The van der Waals surface area contributed by atoms with E-state index >= 15 is 0 Å². The zero-order valence-electron chi connectivity index (χ0n) is 12.3. The summed E-state index contributed by atoms with van der Waals surface area (Å²) < 4.78 is 1.18. The molecule has 1 atom stereocenters. The van der Waals surface area contributed by atoms with Crippen LogP contribution in [0.25, 0.3) is 0 Å². The van der Waals surface area contributed by atoms with Crippen LogP contribution in [-0.2, 0) is 0 Å². The molecule has 1 aromatic carbocycles. The van der Waals surface area contributed by atoms with E-state index in [1.165, 1.54) is 3.57 Å². The van der Waals surface area contributed by atoms with Crippen LogP contribution in [0, 0.1) is 3.57 Å². The van der Waals surface area contributed by atoms with Crippen molar-refractivity contribution >= 4 is 62.5 Å². The van der Waals surface area contributed by atoms with E-state index in [0.29, 0.717) is 11.2 Å². The minimum Gasteiger partial charge on any atom is -0.332 e. The second-order valence-corrected chi connectivity index (χ2v) is 7.29. The molecule has 0 spiro atoms. The largest absolute Gasteiger partial charge is 0.332 e. The molecule has 0 radical (unpaired) electrons. The number of thiocarbonyl (C=S) groups is 1. The summed E-state index contributed by atoms with van der Waals surface area (Å²) in [5.74, 6) is 1.01. The second-order valence-electron chi connectivity index (χ2n) is 4.67. The molecule has 1 aliphatic heterocycles. The highest BCUT2D eigenvalue weighted by Gasteiger charge is 2.31. The first-order valence-corrected chi connectivity index (χ1v) is 9.47. The number of allylic oxidation sites excluding steroid dienone is 2. The van der Waals surface area contributed by atoms with Crippen molar-refractivity contribution in [2.24, 2.45) is 4.99 Å². The Bertz CT molecular complexity index is 613. The molecular formula is C16H18IN3S2. The lowest BCUT2D eigenvalue weighted by molar-refractivity contribution is 0.483. The van der Waals surface area contributed by atoms with Crippen LogP contribution in [-0.4, -0.2) is 27.0 Å². The number of thioether (sulfide) groups is 1. The van der Waals surface area contributed by atoms with E-state index in [9.17, 15) is 0 Å². The summed E-state index contributed by atoms with van der Waals surface area (Å²) in [7, 11) is 0. The van der Waals surface area contributed by atoms with Gasteiger partial charge in [0, 0.05) is 27.3 Å². The maximum absolute atomic E-state index is 5.61. The summed E-state index contributed by atoms with van der Waals surface area (Å²) in [5, 5.41) is 4.96. The minimum absolute atomic E-state index is 0.378. The molecule has 1 unspecified atom stereocenters. The van der Waals surface area contributed by atoms with E-state index in [1.807, 2.05) is 18.2 Å². The highest BCUT2D eigenvalue weighted by Crippen LogP contribution is 2.27. The number of anilines is 1. The van der Waals surface area contributed by atoms with E-state index in [2.05, 4.69) is 63.4 Å². The van der Waals surface area contributed by atoms with Gasteiger partial charge in [0.15, 0.2) is 10.3 Å². The third kappa shape index (κ3) is 4.57. The van der Waals surface area contributed by atoms with Gasteiger partial charge >= 0.3 is 0 Å². The van der Waals surface area contributed by atoms with Crippen molar-refractivity contribution in [3.63, 3.8) is 0 Å². The van der Waals surface area contributed by atoms with Crippen molar-refractivity contribution in [2.75, 3.05) is 11.1 Å². The lowest BCUT2D eigenvalue weighted by Crippen LogP contribution is -2.41. The van der Waals surface area contributed by atoms with Crippen molar-refractivity contribution in [1.29, 1.82) is 0 Å². The number of aliphatic imine (C=N–C) groups is 1. The monoisotopic (exact) mass is 443 g/mol. The number of hydrogen-bond acceptors (Lipinski definition) is 3.